The molecule has 2 aromatic rings. The summed E-state index contributed by atoms with van der Waals surface area (Å²) >= 11 is 0. The monoisotopic (exact) mass is 388 g/mol. The van der Waals surface area contributed by atoms with Gasteiger partial charge in [-0.3, -0.25) is 9.80 Å². The average Bonchev–Trinajstić information content (AvgIpc) is 3.21. The molecule has 1 aromatic heterocycles. The summed E-state index contributed by atoms with van der Waals surface area (Å²) in [6, 6.07) is 15.6. The van der Waals surface area contributed by atoms with Crippen LogP contribution < -0.4 is 0 Å². The predicted octanol–water partition coefficient (Wildman–Crippen LogP) is 2.92. The fourth-order valence-electron chi connectivity index (χ4n) is 3.38. The van der Waals surface area contributed by atoms with E-state index in [0.29, 0.717) is 6.04 Å². The molecule has 152 valence electrons. The molecule has 7 nitrogen and oxygen atoms in total. The lowest BCUT2D eigenvalue weighted by Gasteiger charge is -2.38. The molecule has 1 aliphatic heterocycles. The molecule has 2 heterocycles. The number of rotatable bonds is 6. The molecule has 28 heavy (non-hydrogen) atoms. The maximum absolute atomic E-state index is 9.10. The van der Waals surface area contributed by atoms with Gasteiger partial charge in [-0.1, -0.05) is 37.3 Å². The van der Waals surface area contributed by atoms with E-state index in [-0.39, 0.29) is 0 Å². The van der Waals surface area contributed by atoms with E-state index >= 15 is 0 Å². The van der Waals surface area contributed by atoms with Crippen molar-refractivity contribution < 1.29 is 24.2 Å². The number of nitrogens with zero attached hydrogens (tertiary/aromatic N) is 2. The van der Waals surface area contributed by atoms with Crippen molar-refractivity contribution in [3.8, 4) is 0 Å². The number of carboxylic acid groups (broad SMARTS) is 2. The predicted molar refractivity (Wildman–Crippen MR) is 105 cm³/mol. The third-order valence-corrected chi connectivity index (χ3v) is 4.85. The van der Waals surface area contributed by atoms with Gasteiger partial charge in [-0.15, -0.1) is 0 Å². The molecule has 1 fully saturated rings. The van der Waals surface area contributed by atoms with E-state index in [0.717, 1.165) is 38.5 Å². The van der Waals surface area contributed by atoms with E-state index in [1.807, 2.05) is 6.07 Å². The van der Waals surface area contributed by atoms with Gasteiger partial charge in [0.1, 0.15) is 5.76 Å². The van der Waals surface area contributed by atoms with Crippen LogP contribution in [-0.2, 0) is 22.7 Å². The first-order chi connectivity index (χ1) is 13.5. The molecule has 0 spiro atoms. The minimum absolute atomic E-state index is 0.707. The number of piperidine rings is 1. The molecule has 0 atom stereocenters. The topological polar surface area (TPSA) is 94.2 Å². The zero-order valence-electron chi connectivity index (χ0n) is 16.2. The number of hydrogen-bond donors (Lipinski definition) is 2. The Morgan fingerprint density at radius 2 is 1.71 bits per heavy atom. The number of carbonyl (C=O) groups is 2. The van der Waals surface area contributed by atoms with Crippen LogP contribution in [0.4, 0.5) is 0 Å². The Labute approximate surface area is 165 Å². The Kier molecular flexibility index (Phi) is 8.71. The minimum atomic E-state index is -1.82. The van der Waals surface area contributed by atoms with Crippen molar-refractivity contribution in [3.63, 3.8) is 0 Å². The second-order valence-corrected chi connectivity index (χ2v) is 6.75. The van der Waals surface area contributed by atoms with Gasteiger partial charge in [0.2, 0.25) is 0 Å². The van der Waals surface area contributed by atoms with Gasteiger partial charge < -0.3 is 14.6 Å². The number of benzene rings is 1. The van der Waals surface area contributed by atoms with E-state index in [9.17, 15) is 0 Å². The smallest absolute Gasteiger partial charge is 0.414 e. The Morgan fingerprint density at radius 3 is 2.21 bits per heavy atom. The minimum Gasteiger partial charge on any atom is -0.473 e. The molecular weight excluding hydrogens is 360 g/mol. The van der Waals surface area contributed by atoms with Crippen molar-refractivity contribution in [2.24, 2.45) is 0 Å². The Balaban J connectivity index is 0.000000409. The standard InChI is InChI=1S/C19H26N2O.C2H2O4/c1-2-21(15-17-7-4-3-5-8-17)18-10-12-20(13-11-18)16-19-9-6-14-22-19;3-1(4)2(5)6/h3-9,14,18H,2,10-13,15-16H2,1H3;(H,3,4)(H,5,6). The summed E-state index contributed by atoms with van der Waals surface area (Å²) in [6.45, 7) is 7.74. The van der Waals surface area contributed by atoms with Crippen molar-refractivity contribution in [2.75, 3.05) is 19.6 Å². The molecule has 1 saturated heterocycles. The van der Waals surface area contributed by atoms with Crippen LogP contribution in [0.25, 0.3) is 0 Å². The molecule has 0 unspecified atom stereocenters. The number of aliphatic carboxylic acids is 2. The van der Waals surface area contributed by atoms with Crippen molar-refractivity contribution in [1.82, 2.24) is 9.80 Å². The van der Waals surface area contributed by atoms with E-state index < -0.39 is 11.9 Å². The summed E-state index contributed by atoms with van der Waals surface area (Å²) < 4.78 is 5.46. The normalized spacial score (nSPS) is 15.1. The Hall–Kier alpha value is -2.64. The zero-order valence-corrected chi connectivity index (χ0v) is 16.2. The van der Waals surface area contributed by atoms with Crippen LogP contribution in [-0.4, -0.2) is 57.6 Å². The summed E-state index contributed by atoms with van der Waals surface area (Å²) in [6.07, 6.45) is 4.27. The molecule has 7 heteroatoms. The van der Waals surface area contributed by atoms with E-state index in [4.69, 9.17) is 24.2 Å². The Bertz CT molecular complexity index is 698. The van der Waals surface area contributed by atoms with Crippen LogP contribution in [0, 0.1) is 0 Å². The van der Waals surface area contributed by atoms with Crippen LogP contribution in [0.2, 0.25) is 0 Å². The van der Waals surface area contributed by atoms with Gasteiger partial charge in [-0.05, 0) is 37.1 Å². The van der Waals surface area contributed by atoms with Crippen LogP contribution >= 0.6 is 0 Å². The van der Waals surface area contributed by atoms with Crippen molar-refractivity contribution in [1.29, 1.82) is 0 Å². The zero-order chi connectivity index (χ0) is 20.4. The molecular formula is C21H28N2O5. The first-order valence-electron chi connectivity index (χ1n) is 9.48. The van der Waals surface area contributed by atoms with Gasteiger partial charge in [-0.2, -0.15) is 0 Å². The molecule has 0 amide bonds. The van der Waals surface area contributed by atoms with Crippen molar-refractivity contribution in [2.45, 2.75) is 38.9 Å². The highest BCUT2D eigenvalue weighted by atomic mass is 16.4. The van der Waals surface area contributed by atoms with Crippen LogP contribution in [0.3, 0.4) is 0 Å². The average molecular weight is 388 g/mol. The fourth-order valence-corrected chi connectivity index (χ4v) is 3.38. The second-order valence-electron chi connectivity index (χ2n) is 6.75. The number of carboxylic acids is 2. The van der Waals surface area contributed by atoms with Gasteiger partial charge in [0, 0.05) is 25.7 Å². The Morgan fingerprint density at radius 1 is 1.07 bits per heavy atom. The number of furan rings is 1. The van der Waals surface area contributed by atoms with Crippen LogP contribution in [0.1, 0.15) is 31.1 Å². The molecule has 0 aliphatic carbocycles. The maximum atomic E-state index is 9.10. The highest BCUT2D eigenvalue weighted by Crippen LogP contribution is 2.20. The maximum Gasteiger partial charge on any atom is 0.414 e. The number of hydrogen-bond acceptors (Lipinski definition) is 5. The highest BCUT2D eigenvalue weighted by molar-refractivity contribution is 6.27. The highest BCUT2D eigenvalue weighted by Gasteiger charge is 2.24. The van der Waals surface area contributed by atoms with Gasteiger partial charge >= 0.3 is 11.9 Å². The lowest BCUT2D eigenvalue weighted by molar-refractivity contribution is -0.159. The van der Waals surface area contributed by atoms with E-state index in [2.05, 4.69) is 53.1 Å². The third-order valence-electron chi connectivity index (χ3n) is 4.85. The lowest BCUT2D eigenvalue weighted by Crippen LogP contribution is -2.44. The molecule has 2 N–H and O–H groups in total. The quantitative estimate of drug-likeness (QED) is 0.735. The first-order valence-corrected chi connectivity index (χ1v) is 9.48. The first kappa shape index (κ1) is 21.7. The van der Waals surface area contributed by atoms with Crippen molar-refractivity contribution >= 4 is 11.9 Å². The molecule has 3 rings (SSSR count). The lowest BCUT2D eigenvalue weighted by atomic mass is 10.0. The number of likely N-dealkylation sites (tertiary alicyclic amines) is 1. The summed E-state index contributed by atoms with van der Waals surface area (Å²) in [7, 11) is 0. The molecule has 0 saturated carbocycles. The molecule has 1 aliphatic rings. The summed E-state index contributed by atoms with van der Waals surface area (Å²) in [5.74, 6) is -2.57. The molecule has 0 radical (unpaired) electrons. The summed E-state index contributed by atoms with van der Waals surface area (Å²) in [5.41, 5.74) is 1.42. The largest absolute Gasteiger partial charge is 0.473 e. The molecule has 1 aromatic carbocycles. The van der Waals surface area contributed by atoms with Gasteiger partial charge in [-0.25, -0.2) is 9.59 Å². The van der Waals surface area contributed by atoms with E-state index in [1.165, 1.54) is 18.4 Å². The van der Waals surface area contributed by atoms with Gasteiger partial charge in [0.15, 0.2) is 0 Å². The fraction of sp³-hybridized carbons (Fsp3) is 0.429. The van der Waals surface area contributed by atoms with Crippen molar-refractivity contribution in [3.05, 3.63) is 60.1 Å². The van der Waals surface area contributed by atoms with E-state index in [1.54, 1.807) is 6.26 Å². The third kappa shape index (κ3) is 7.17. The second kappa shape index (κ2) is 11.3. The summed E-state index contributed by atoms with van der Waals surface area (Å²) in [5, 5.41) is 14.8. The summed E-state index contributed by atoms with van der Waals surface area (Å²) in [4.78, 5) is 23.3. The molecule has 0 bridgehead atoms. The van der Waals surface area contributed by atoms with Gasteiger partial charge in [0.25, 0.3) is 0 Å². The van der Waals surface area contributed by atoms with Crippen LogP contribution in [0.15, 0.2) is 53.1 Å². The van der Waals surface area contributed by atoms with Crippen LogP contribution in [0.5, 0.6) is 0 Å². The SMILES string of the molecule is CCN(Cc1ccccc1)C1CCN(Cc2ccco2)CC1.O=C(O)C(=O)O. The van der Waals surface area contributed by atoms with Gasteiger partial charge in [0.05, 0.1) is 12.8 Å².